The van der Waals surface area contributed by atoms with Crippen molar-refractivity contribution >= 4 is 5.91 Å². The molecule has 23 heavy (non-hydrogen) atoms. The summed E-state index contributed by atoms with van der Waals surface area (Å²) in [5, 5.41) is 21.6. The first-order valence-electron chi connectivity index (χ1n) is 7.67. The van der Waals surface area contributed by atoms with Crippen LogP contribution in [0.15, 0.2) is 48.5 Å². The fraction of sp³-hybridized carbons (Fsp3) is 0.263. The number of rotatable bonds is 5. The molecule has 116 valence electrons. The molecule has 3 rings (SSSR count). The SMILES string of the molecule is N#Cc1ccccc1-c1ccccc1C(=O)NCC1(CO)CC1. The summed E-state index contributed by atoms with van der Waals surface area (Å²) in [6, 6.07) is 16.7. The zero-order chi connectivity index (χ0) is 16.3. The van der Waals surface area contributed by atoms with Gasteiger partial charge in [0.25, 0.3) is 5.91 Å². The Kier molecular flexibility index (Phi) is 4.14. The van der Waals surface area contributed by atoms with Crippen LogP contribution in [0.25, 0.3) is 11.1 Å². The number of carbonyl (C=O) groups is 1. The van der Waals surface area contributed by atoms with Gasteiger partial charge in [-0.3, -0.25) is 4.79 Å². The number of nitrogens with zero attached hydrogens (tertiary/aromatic N) is 1. The van der Waals surface area contributed by atoms with Gasteiger partial charge in [-0.15, -0.1) is 0 Å². The molecule has 1 aliphatic rings. The molecule has 2 N–H and O–H groups in total. The lowest BCUT2D eigenvalue weighted by molar-refractivity contribution is 0.0936. The van der Waals surface area contributed by atoms with Crippen molar-refractivity contribution in [1.29, 1.82) is 5.26 Å². The molecular formula is C19H18N2O2. The molecule has 0 radical (unpaired) electrons. The highest BCUT2D eigenvalue weighted by Gasteiger charge is 2.42. The minimum absolute atomic E-state index is 0.103. The fourth-order valence-electron chi connectivity index (χ4n) is 2.66. The van der Waals surface area contributed by atoms with Gasteiger partial charge in [0, 0.05) is 23.1 Å². The van der Waals surface area contributed by atoms with Crippen LogP contribution in [-0.2, 0) is 0 Å². The second-order valence-corrected chi connectivity index (χ2v) is 6.04. The predicted octanol–water partition coefficient (Wildman–Crippen LogP) is 2.73. The number of nitriles is 1. The summed E-state index contributed by atoms with van der Waals surface area (Å²) in [5.41, 5.74) is 2.46. The molecule has 0 bridgehead atoms. The van der Waals surface area contributed by atoms with E-state index < -0.39 is 0 Å². The Morgan fingerprint density at radius 3 is 2.43 bits per heavy atom. The molecular weight excluding hydrogens is 288 g/mol. The Balaban J connectivity index is 1.89. The van der Waals surface area contributed by atoms with E-state index in [0.717, 1.165) is 24.0 Å². The van der Waals surface area contributed by atoms with E-state index in [1.54, 1.807) is 12.1 Å². The van der Waals surface area contributed by atoms with E-state index in [0.29, 0.717) is 17.7 Å². The first-order chi connectivity index (χ1) is 11.2. The van der Waals surface area contributed by atoms with E-state index in [4.69, 9.17) is 0 Å². The Hall–Kier alpha value is -2.64. The summed E-state index contributed by atoms with van der Waals surface area (Å²) in [6.07, 6.45) is 1.89. The van der Waals surface area contributed by atoms with Crippen LogP contribution in [0.3, 0.4) is 0 Å². The van der Waals surface area contributed by atoms with Crippen LogP contribution in [0.4, 0.5) is 0 Å². The minimum Gasteiger partial charge on any atom is -0.396 e. The zero-order valence-corrected chi connectivity index (χ0v) is 12.7. The molecule has 4 nitrogen and oxygen atoms in total. The van der Waals surface area contributed by atoms with Crippen LogP contribution in [0, 0.1) is 16.7 Å². The van der Waals surface area contributed by atoms with Gasteiger partial charge in [0.05, 0.1) is 18.2 Å². The first kappa shape index (κ1) is 15.3. The topological polar surface area (TPSA) is 73.1 Å². The van der Waals surface area contributed by atoms with Crippen LogP contribution in [-0.4, -0.2) is 24.2 Å². The molecule has 4 heteroatoms. The van der Waals surface area contributed by atoms with Crippen molar-refractivity contribution in [3.05, 3.63) is 59.7 Å². The summed E-state index contributed by atoms with van der Waals surface area (Å²) >= 11 is 0. The highest BCUT2D eigenvalue weighted by molar-refractivity contribution is 6.01. The van der Waals surface area contributed by atoms with Gasteiger partial charge in [-0.05, 0) is 30.5 Å². The Bertz CT molecular complexity index is 773. The van der Waals surface area contributed by atoms with E-state index in [9.17, 15) is 15.2 Å². The summed E-state index contributed by atoms with van der Waals surface area (Å²) in [6.45, 7) is 0.586. The third-order valence-corrected chi connectivity index (χ3v) is 4.43. The van der Waals surface area contributed by atoms with Gasteiger partial charge in [-0.1, -0.05) is 36.4 Å². The average molecular weight is 306 g/mol. The lowest BCUT2D eigenvalue weighted by Gasteiger charge is -2.15. The summed E-state index contributed by atoms with van der Waals surface area (Å²) < 4.78 is 0. The smallest absolute Gasteiger partial charge is 0.251 e. The van der Waals surface area contributed by atoms with Gasteiger partial charge in [0.15, 0.2) is 0 Å². The second kappa shape index (κ2) is 6.23. The molecule has 0 heterocycles. The number of nitrogens with one attached hydrogen (secondary N) is 1. The molecule has 0 saturated heterocycles. The highest BCUT2D eigenvalue weighted by Crippen LogP contribution is 2.44. The van der Waals surface area contributed by atoms with E-state index in [1.165, 1.54) is 0 Å². The molecule has 0 spiro atoms. The summed E-state index contributed by atoms with van der Waals surface area (Å²) in [7, 11) is 0. The number of benzene rings is 2. The van der Waals surface area contributed by atoms with Gasteiger partial charge in [-0.25, -0.2) is 0 Å². The maximum atomic E-state index is 12.6. The van der Waals surface area contributed by atoms with Crippen molar-refractivity contribution in [1.82, 2.24) is 5.32 Å². The number of aliphatic hydroxyl groups excluding tert-OH is 1. The molecule has 0 aliphatic heterocycles. The lowest BCUT2D eigenvalue weighted by Crippen LogP contribution is -2.32. The largest absolute Gasteiger partial charge is 0.396 e. The van der Waals surface area contributed by atoms with E-state index >= 15 is 0 Å². The van der Waals surface area contributed by atoms with Gasteiger partial charge in [0.1, 0.15) is 0 Å². The third-order valence-electron chi connectivity index (χ3n) is 4.43. The maximum absolute atomic E-state index is 12.6. The number of hydrogen-bond acceptors (Lipinski definition) is 3. The van der Waals surface area contributed by atoms with Crippen molar-refractivity contribution in [2.45, 2.75) is 12.8 Å². The standard InChI is InChI=1S/C19H18N2O2/c20-11-14-5-1-2-6-15(14)16-7-3-4-8-17(16)18(23)21-12-19(13-22)9-10-19/h1-8,22H,9-10,12-13H2,(H,21,23). The molecule has 0 aromatic heterocycles. The molecule has 0 unspecified atom stereocenters. The van der Waals surface area contributed by atoms with Crippen molar-refractivity contribution in [2.24, 2.45) is 5.41 Å². The summed E-state index contributed by atoms with van der Waals surface area (Å²) in [5.74, 6) is -0.173. The van der Waals surface area contributed by atoms with Crippen molar-refractivity contribution < 1.29 is 9.90 Å². The molecule has 1 amide bonds. The van der Waals surface area contributed by atoms with E-state index in [2.05, 4.69) is 11.4 Å². The quantitative estimate of drug-likeness (QED) is 0.892. The van der Waals surface area contributed by atoms with Crippen LogP contribution in [0.2, 0.25) is 0 Å². The van der Waals surface area contributed by atoms with Crippen molar-refractivity contribution in [3.63, 3.8) is 0 Å². The average Bonchev–Trinajstić information content (AvgIpc) is 3.40. The second-order valence-electron chi connectivity index (χ2n) is 6.04. The van der Waals surface area contributed by atoms with Crippen LogP contribution < -0.4 is 5.32 Å². The van der Waals surface area contributed by atoms with Crippen molar-refractivity contribution in [2.75, 3.05) is 13.2 Å². The van der Waals surface area contributed by atoms with Gasteiger partial charge < -0.3 is 10.4 Å². The Morgan fingerprint density at radius 1 is 1.13 bits per heavy atom. The maximum Gasteiger partial charge on any atom is 0.251 e. The third kappa shape index (κ3) is 3.10. The molecule has 2 aromatic rings. The number of aliphatic hydroxyl groups is 1. The van der Waals surface area contributed by atoms with Gasteiger partial charge >= 0.3 is 0 Å². The summed E-state index contributed by atoms with van der Waals surface area (Å²) in [4.78, 5) is 12.6. The fourth-order valence-corrected chi connectivity index (χ4v) is 2.66. The zero-order valence-electron chi connectivity index (χ0n) is 12.7. The molecule has 1 aliphatic carbocycles. The van der Waals surface area contributed by atoms with Crippen LogP contribution in [0.5, 0.6) is 0 Å². The Labute approximate surface area is 135 Å². The monoisotopic (exact) mass is 306 g/mol. The molecule has 1 fully saturated rings. The number of hydrogen-bond donors (Lipinski definition) is 2. The number of amides is 1. The molecule has 2 aromatic carbocycles. The van der Waals surface area contributed by atoms with Gasteiger partial charge in [0.2, 0.25) is 0 Å². The lowest BCUT2D eigenvalue weighted by atomic mass is 9.95. The predicted molar refractivity (Wildman–Crippen MR) is 87.7 cm³/mol. The van der Waals surface area contributed by atoms with E-state index in [-0.39, 0.29) is 17.9 Å². The molecule has 0 atom stereocenters. The normalized spacial score (nSPS) is 14.8. The Morgan fingerprint density at radius 2 is 1.78 bits per heavy atom. The first-order valence-corrected chi connectivity index (χ1v) is 7.67. The highest BCUT2D eigenvalue weighted by atomic mass is 16.3. The minimum atomic E-state index is -0.173. The van der Waals surface area contributed by atoms with Crippen molar-refractivity contribution in [3.8, 4) is 17.2 Å². The molecule has 1 saturated carbocycles. The van der Waals surface area contributed by atoms with Crippen LogP contribution in [0.1, 0.15) is 28.8 Å². The number of carbonyl (C=O) groups excluding carboxylic acids is 1. The van der Waals surface area contributed by atoms with E-state index in [1.807, 2.05) is 36.4 Å². The van der Waals surface area contributed by atoms with Gasteiger partial charge in [-0.2, -0.15) is 5.26 Å². The van der Waals surface area contributed by atoms with Crippen LogP contribution >= 0.6 is 0 Å².